The number of rotatable bonds is 3. The van der Waals surface area contributed by atoms with E-state index in [0.29, 0.717) is 12.5 Å². The molecule has 1 fully saturated rings. The molecule has 94 valence electrons. The summed E-state index contributed by atoms with van der Waals surface area (Å²) in [4.78, 5) is 13.9. The molecule has 1 aromatic carbocycles. The van der Waals surface area contributed by atoms with Crippen molar-refractivity contribution < 1.29 is 4.79 Å². The minimum atomic E-state index is -0.348. The van der Waals surface area contributed by atoms with E-state index in [2.05, 4.69) is 0 Å². The number of hydrogen-bond donors (Lipinski definition) is 1. The summed E-state index contributed by atoms with van der Waals surface area (Å²) in [6.45, 7) is 0.578. The molecule has 0 radical (unpaired) electrons. The Morgan fingerprint density at radius 1 is 1.41 bits per heavy atom. The van der Waals surface area contributed by atoms with Crippen LogP contribution in [0.2, 0.25) is 0 Å². The molecular weight excluding hydrogens is 236 g/mol. The Hall–Kier alpha value is -1.06. The van der Waals surface area contributed by atoms with E-state index >= 15 is 0 Å². The zero-order chi connectivity index (χ0) is 11.8. The molecule has 1 amide bonds. The summed E-state index contributed by atoms with van der Waals surface area (Å²) in [5.74, 6) is 0.471. The van der Waals surface area contributed by atoms with Gasteiger partial charge in [0.2, 0.25) is 5.91 Å². The fourth-order valence-electron chi connectivity index (χ4n) is 2.49. The minimum Gasteiger partial charge on any atom is -0.348 e. The maximum atomic E-state index is 12.3. The molecule has 0 spiro atoms. The fourth-order valence-corrected chi connectivity index (χ4v) is 2.49. The van der Waals surface area contributed by atoms with Crippen molar-refractivity contribution in [1.29, 1.82) is 0 Å². The summed E-state index contributed by atoms with van der Waals surface area (Å²) in [5, 5.41) is 0. The highest BCUT2D eigenvalue weighted by molar-refractivity contribution is 5.91. The third kappa shape index (κ3) is 2.17. The van der Waals surface area contributed by atoms with Crippen LogP contribution in [0.4, 0.5) is 0 Å². The van der Waals surface area contributed by atoms with Gasteiger partial charge < -0.3 is 10.6 Å². The van der Waals surface area contributed by atoms with E-state index in [1.165, 1.54) is 0 Å². The smallest absolute Gasteiger partial charge is 0.233 e. The Balaban J connectivity index is 0.00000144. The highest BCUT2D eigenvalue weighted by Crippen LogP contribution is 2.54. The van der Waals surface area contributed by atoms with Crippen LogP contribution in [0.15, 0.2) is 30.3 Å². The van der Waals surface area contributed by atoms with Gasteiger partial charge in [-0.3, -0.25) is 4.79 Å². The molecule has 2 N–H and O–H groups in total. The number of nitrogens with zero attached hydrogens (tertiary/aromatic N) is 1. The number of nitrogens with two attached hydrogens (primary N) is 1. The van der Waals surface area contributed by atoms with E-state index in [1.807, 2.05) is 30.3 Å². The predicted molar refractivity (Wildman–Crippen MR) is 71.2 cm³/mol. The lowest BCUT2D eigenvalue weighted by Gasteiger charge is -2.21. The van der Waals surface area contributed by atoms with Crippen LogP contribution in [0.25, 0.3) is 0 Å². The molecule has 1 aliphatic rings. The number of likely N-dealkylation sites (N-methyl/N-ethyl adjacent to an activating group) is 1. The zero-order valence-corrected chi connectivity index (χ0v) is 11.0. The molecule has 1 unspecified atom stereocenters. The Morgan fingerprint density at radius 2 is 2.00 bits per heavy atom. The number of halogens is 1. The van der Waals surface area contributed by atoms with Gasteiger partial charge in [-0.05, 0) is 24.4 Å². The topological polar surface area (TPSA) is 46.3 Å². The van der Waals surface area contributed by atoms with Crippen molar-refractivity contribution >= 4 is 18.3 Å². The highest BCUT2D eigenvalue weighted by Gasteiger charge is 2.60. The Bertz CT molecular complexity index is 394. The zero-order valence-electron chi connectivity index (χ0n) is 10.2. The van der Waals surface area contributed by atoms with Crippen LogP contribution in [0.3, 0.4) is 0 Å². The molecular formula is C13H19ClN2O. The van der Waals surface area contributed by atoms with Gasteiger partial charge in [-0.15, -0.1) is 12.4 Å². The molecule has 4 heteroatoms. The minimum absolute atomic E-state index is 0. The first-order valence-corrected chi connectivity index (χ1v) is 5.60. The average molecular weight is 255 g/mol. The van der Waals surface area contributed by atoms with Gasteiger partial charge in [0.15, 0.2) is 0 Å². The first-order valence-electron chi connectivity index (χ1n) is 5.60. The van der Waals surface area contributed by atoms with E-state index in [4.69, 9.17) is 5.73 Å². The quantitative estimate of drug-likeness (QED) is 0.887. The molecule has 1 saturated carbocycles. The van der Waals surface area contributed by atoms with Gasteiger partial charge in [0.1, 0.15) is 0 Å². The fraction of sp³-hybridized carbons (Fsp3) is 0.462. The van der Waals surface area contributed by atoms with Crippen LogP contribution in [-0.4, -0.2) is 31.4 Å². The normalized spacial score (nSPS) is 25.9. The van der Waals surface area contributed by atoms with Gasteiger partial charge in [0.25, 0.3) is 0 Å². The Morgan fingerprint density at radius 3 is 2.41 bits per heavy atom. The average Bonchev–Trinajstić information content (AvgIpc) is 3.04. The lowest BCUT2D eigenvalue weighted by atomic mass is 9.91. The van der Waals surface area contributed by atoms with Crippen LogP contribution < -0.4 is 5.73 Å². The largest absolute Gasteiger partial charge is 0.348 e. The van der Waals surface area contributed by atoms with Gasteiger partial charge in [-0.2, -0.15) is 0 Å². The molecule has 0 heterocycles. The van der Waals surface area contributed by atoms with E-state index in [-0.39, 0.29) is 23.7 Å². The summed E-state index contributed by atoms with van der Waals surface area (Å²) in [6.07, 6.45) is 0.879. The first-order chi connectivity index (χ1) is 7.63. The maximum Gasteiger partial charge on any atom is 0.233 e. The molecule has 1 aliphatic carbocycles. The van der Waals surface area contributed by atoms with Crippen molar-refractivity contribution in [3.8, 4) is 0 Å². The number of carbonyl (C=O) groups excluding carboxylic acids is 1. The summed E-state index contributed by atoms with van der Waals surface area (Å²) < 4.78 is 0. The summed E-state index contributed by atoms with van der Waals surface area (Å²) in [7, 11) is 3.61. The van der Waals surface area contributed by atoms with E-state index in [1.54, 1.807) is 19.0 Å². The van der Waals surface area contributed by atoms with Crippen LogP contribution in [0.1, 0.15) is 12.0 Å². The molecule has 0 saturated heterocycles. The summed E-state index contributed by atoms with van der Waals surface area (Å²) in [6, 6.07) is 9.98. The first kappa shape index (κ1) is 14.0. The Labute approximate surface area is 108 Å². The van der Waals surface area contributed by atoms with Crippen molar-refractivity contribution in [3.63, 3.8) is 0 Å². The van der Waals surface area contributed by atoms with Crippen LogP contribution >= 0.6 is 12.4 Å². The van der Waals surface area contributed by atoms with Gasteiger partial charge >= 0.3 is 0 Å². The third-order valence-corrected chi connectivity index (χ3v) is 3.47. The van der Waals surface area contributed by atoms with Crippen molar-refractivity contribution in [2.45, 2.75) is 11.8 Å². The number of hydrogen-bond acceptors (Lipinski definition) is 2. The second-order valence-electron chi connectivity index (χ2n) is 4.67. The predicted octanol–water partition coefficient (Wildman–Crippen LogP) is 1.41. The summed E-state index contributed by atoms with van der Waals surface area (Å²) >= 11 is 0. The molecule has 3 nitrogen and oxygen atoms in total. The van der Waals surface area contributed by atoms with Crippen molar-refractivity contribution in [1.82, 2.24) is 4.90 Å². The van der Waals surface area contributed by atoms with Crippen molar-refractivity contribution in [2.24, 2.45) is 11.7 Å². The van der Waals surface area contributed by atoms with Gasteiger partial charge in [-0.25, -0.2) is 0 Å². The monoisotopic (exact) mass is 254 g/mol. The van der Waals surface area contributed by atoms with E-state index in [9.17, 15) is 4.79 Å². The molecule has 0 aliphatic heterocycles. The Kier molecular flexibility index (Phi) is 4.17. The van der Waals surface area contributed by atoms with Gasteiger partial charge in [0.05, 0.1) is 5.41 Å². The van der Waals surface area contributed by atoms with Crippen LogP contribution in [0, 0.1) is 5.92 Å². The second kappa shape index (κ2) is 5.07. The molecule has 0 bridgehead atoms. The molecule has 17 heavy (non-hydrogen) atoms. The summed E-state index contributed by atoms with van der Waals surface area (Å²) in [5.41, 5.74) is 6.47. The lowest BCUT2D eigenvalue weighted by molar-refractivity contribution is -0.131. The highest BCUT2D eigenvalue weighted by atomic mass is 35.5. The molecule has 2 rings (SSSR count). The van der Waals surface area contributed by atoms with Crippen molar-refractivity contribution in [2.75, 3.05) is 20.6 Å². The van der Waals surface area contributed by atoms with Crippen LogP contribution in [0.5, 0.6) is 0 Å². The van der Waals surface area contributed by atoms with E-state index < -0.39 is 0 Å². The standard InChI is InChI=1S/C13H18N2O.ClH/c1-15(2)12(16)13(8-11(13)9-14)10-6-4-3-5-7-10;/h3-7,11H,8-9,14H2,1-2H3;1H/t11?,13-;/m0./s1. The van der Waals surface area contributed by atoms with Gasteiger partial charge in [-0.1, -0.05) is 30.3 Å². The van der Waals surface area contributed by atoms with Crippen molar-refractivity contribution in [3.05, 3.63) is 35.9 Å². The van der Waals surface area contributed by atoms with Crippen LogP contribution in [-0.2, 0) is 10.2 Å². The van der Waals surface area contributed by atoms with Gasteiger partial charge in [0, 0.05) is 14.1 Å². The molecule has 1 aromatic rings. The third-order valence-electron chi connectivity index (χ3n) is 3.47. The molecule has 2 atom stereocenters. The number of carbonyl (C=O) groups is 1. The number of amides is 1. The number of benzene rings is 1. The second-order valence-corrected chi connectivity index (χ2v) is 4.67. The maximum absolute atomic E-state index is 12.3. The SMILES string of the molecule is CN(C)C(=O)[C@]1(c2ccccc2)CC1CN.Cl. The lowest BCUT2D eigenvalue weighted by Crippen LogP contribution is -2.36. The molecule has 0 aromatic heterocycles. The van der Waals surface area contributed by atoms with E-state index in [0.717, 1.165) is 12.0 Å².